The summed E-state index contributed by atoms with van der Waals surface area (Å²) in [5, 5.41) is 7.67. The van der Waals surface area contributed by atoms with E-state index in [1.54, 1.807) is 0 Å². The van der Waals surface area contributed by atoms with E-state index in [4.69, 9.17) is 0 Å². The van der Waals surface area contributed by atoms with Gasteiger partial charge in [0.1, 0.15) is 0 Å². The molecule has 0 atom stereocenters. The molecule has 0 aliphatic rings. The highest BCUT2D eigenvalue weighted by molar-refractivity contribution is 6.22. The molecule has 4 aromatic rings. The number of benzene rings is 4. The molecule has 116 valence electrons. The van der Waals surface area contributed by atoms with Gasteiger partial charge in [0.2, 0.25) is 0 Å². The summed E-state index contributed by atoms with van der Waals surface area (Å²) in [6, 6.07) is 21.8. The third-order valence-electron chi connectivity index (χ3n) is 4.80. The predicted molar refractivity (Wildman–Crippen MR) is 108 cm³/mol. The van der Waals surface area contributed by atoms with Crippen LogP contribution in [0.3, 0.4) is 0 Å². The summed E-state index contributed by atoms with van der Waals surface area (Å²) in [5.41, 5.74) is 4.62. The molecule has 0 unspecified atom stereocenters. The Labute approximate surface area is 142 Å². The molecule has 4 rings (SSSR count). The molecule has 0 amide bonds. The maximum Gasteiger partial charge on any atom is -0.00239 e. The summed E-state index contributed by atoms with van der Waals surface area (Å²) in [5.74, 6) is 0. The molecule has 0 aliphatic carbocycles. The number of hydrogen-bond donors (Lipinski definition) is 0. The smallest absolute Gasteiger partial charge is 0.00239 e. The average Bonchev–Trinajstić information content (AvgIpc) is 2.59. The molecular weight excluding hydrogens is 288 g/mol. The minimum absolute atomic E-state index is 1.09. The molecule has 24 heavy (non-hydrogen) atoms. The van der Waals surface area contributed by atoms with Crippen LogP contribution in [0.2, 0.25) is 0 Å². The fourth-order valence-corrected chi connectivity index (χ4v) is 3.67. The van der Waals surface area contributed by atoms with Gasteiger partial charge in [-0.1, -0.05) is 78.9 Å². The van der Waals surface area contributed by atoms with Crippen LogP contribution in [-0.4, -0.2) is 0 Å². The lowest BCUT2D eigenvalue weighted by Crippen LogP contribution is -1.90. The Morgan fingerprint density at radius 2 is 1.33 bits per heavy atom. The number of allylic oxidation sites excluding steroid dienone is 2. The summed E-state index contributed by atoms with van der Waals surface area (Å²) in [7, 11) is 0. The van der Waals surface area contributed by atoms with E-state index in [1.165, 1.54) is 43.4 Å². The van der Waals surface area contributed by atoms with E-state index in [0.717, 1.165) is 11.1 Å². The van der Waals surface area contributed by atoms with Crippen molar-refractivity contribution in [3.05, 3.63) is 84.9 Å². The third kappa shape index (κ3) is 2.07. The second-order valence-corrected chi connectivity index (χ2v) is 6.59. The van der Waals surface area contributed by atoms with Gasteiger partial charge in [0.15, 0.2) is 0 Å². The van der Waals surface area contributed by atoms with E-state index in [0.29, 0.717) is 0 Å². The highest BCUT2D eigenvalue weighted by Crippen LogP contribution is 2.38. The molecule has 0 heteroatoms. The number of hydrogen-bond acceptors (Lipinski definition) is 0. The van der Waals surface area contributed by atoms with Crippen molar-refractivity contribution < 1.29 is 0 Å². The normalized spacial score (nSPS) is 11.2. The monoisotopic (exact) mass is 308 g/mol. The van der Waals surface area contributed by atoms with Crippen molar-refractivity contribution in [1.82, 2.24) is 0 Å². The lowest BCUT2D eigenvalue weighted by Gasteiger charge is -2.15. The lowest BCUT2D eigenvalue weighted by atomic mass is 9.88. The first-order valence-corrected chi connectivity index (χ1v) is 8.27. The van der Waals surface area contributed by atoms with Crippen LogP contribution in [-0.2, 0) is 0 Å². The Kier molecular flexibility index (Phi) is 3.28. The first kappa shape index (κ1) is 14.7. The SMILES string of the molecule is C=C(C)c1cccc2c1cc(C(=C)C)c1c3ccccc3ccc21. The van der Waals surface area contributed by atoms with Gasteiger partial charge in [-0.3, -0.25) is 0 Å². The van der Waals surface area contributed by atoms with Crippen LogP contribution < -0.4 is 0 Å². The second-order valence-electron chi connectivity index (χ2n) is 6.59. The largest absolute Gasteiger partial charge is 0.0955 e. The van der Waals surface area contributed by atoms with Crippen molar-refractivity contribution >= 4 is 43.5 Å². The van der Waals surface area contributed by atoms with Gasteiger partial charge in [0.25, 0.3) is 0 Å². The Bertz CT molecular complexity index is 1140. The molecule has 0 saturated carbocycles. The molecule has 0 aliphatic heterocycles. The van der Waals surface area contributed by atoms with Crippen molar-refractivity contribution in [1.29, 1.82) is 0 Å². The van der Waals surface area contributed by atoms with Gasteiger partial charge in [-0.05, 0) is 63.4 Å². The molecule has 0 heterocycles. The second kappa shape index (κ2) is 5.35. The van der Waals surface area contributed by atoms with Crippen LogP contribution in [0.4, 0.5) is 0 Å². The first-order valence-electron chi connectivity index (χ1n) is 8.27. The summed E-state index contributed by atoms with van der Waals surface area (Å²) < 4.78 is 0. The lowest BCUT2D eigenvalue weighted by molar-refractivity contribution is 1.62. The average molecular weight is 308 g/mol. The summed E-state index contributed by atoms with van der Waals surface area (Å²) in [6.07, 6.45) is 0. The van der Waals surface area contributed by atoms with Gasteiger partial charge in [-0.15, -0.1) is 0 Å². The first-order chi connectivity index (χ1) is 11.6. The van der Waals surface area contributed by atoms with Crippen LogP contribution in [0.15, 0.2) is 73.8 Å². The zero-order valence-electron chi connectivity index (χ0n) is 14.2. The van der Waals surface area contributed by atoms with E-state index in [1.807, 2.05) is 0 Å². The molecule has 0 fully saturated rings. The minimum Gasteiger partial charge on any atom is -0.0955 e. The summed E-state index contributed by atoms with van der Waals surface area (Å²) in [6.45, 7) is 12.6. The Morgan fingerprint density at radius 1 is 0.625 bits per heavy atom. The number of rotatable bonds is 2. The van der Waals surface area contributed by atoms with Gasteiger partial charge in [0.05, 0.1) is 0 Å². The van der Waals surface area contributed by atoms with Crippen molar-refractivity contribution in [3.8, 4) is 0 Å². The van der Waals surface area contributed by atoms with Gasteiger partial charge in [-0.25, -0.2) is 0 Å². The highest BCUT2D eigenvalue weighted by atomic mass is 14.2. The van der Waals surface area contributed by atoms with E-state index in [9.17, 15) is 0 Å². The maximum absolute atomic E-state index is 4.24. The van der Waals surface area contributed by atoms with Crippen molar-refractivity contribution in [2.24, 2.45) is 0 Å². The van der Waals surface area contributed by atoms with Crippen LogP contribution in [0.1, 0.15) is 25.0 Å². The van der Waals surface area contributed by atoms with Crippen molar-refractivity contribution in [3.63, 3.8) is 0 Å². The van der Waals surface area contributed by atoms with Crippen LogP contribution in [0, 0.1) is 0 Å². The molecule has 0 saturated heterocycles. The summed E-state index contributed by atoms with van der Waals surface area (Å²) >= 11 is 0. The molecule has 4 aromatic carbocycles. The Balaban J connectivity index is 2.33. The topological polar surface area (TPSA) is 0 Å². The van der Waals surface area contributed by atoms with E-state index in [2.05, 4.69) is 87.7 Å². The predicted octanol–water partition coefficient (Wildman–Crippen LogP) is 7.21. The van der Waals surface area contributed by atoms with Crippen LogP contribution in [0.25, 0.3) is 43.5 Å². The molecule has 0 spiro atoms. The third-order valence-corrected chi connectivity index (χ3v) is 4.80. The fraction of sp³-hybridized carbons (Fsp3) is 0.0833. The molecule has 0 N–H and O–H groups in total. The van der Waals surface area contributed by atoms with Crippen molar-refractivity contribution in [2.45, 2.75) is 13.8 Å². The molecule has 0 bridgehead atoms. The van der Waals surface area contributed by atoms with Gasteiger partial charge >= 0.3 is 0 Å². The minimum atomic E-state index is 1.09. The molecule has 0 aromatic heterocycles. The number of fused-ring (bicyclic) bond motifs is 5. The summed E-state index contributed by atoms with van der Waals surface area (Å²) in [4.78, 5) is 0. The maximum atomic E-state index is 4.24. The fourth-order valence-electron chi connectivity index (χ4n) is 3.67. The van der Waals surface area contributed by atoms with Gasteiger partial charge in [0, 0.05) is 0 Å². The quantitative estimate of drug-likeness (QED) is 0.343. The molecular formula is C24H20. The van der Waals surface area contributed by atoms with Crippen LogP contribution in [0.5, 0.6) is 0 Å². The zero-order valence-corrected chi connectivity index (χ0v) is 14.2. The van der Waals surface area contributed by atoms with Crippen LogP contribution >= 0.6 is 0 Å². The van der Waals surface area contributed by atoms with E-state index < -0.39 is 0 Å². The van der Waals surface area contributed by atoms with E-state index >= 15 is 0 Å². The van der Waals surface area contributed by atoms with Crippen molar-refractivity contribution in [2.75, 3.05) is 0 Å². The van der Waals surface area contributed by atoms with Gasteiger partial charge < -0.3 is 0 Å². The standard InChI is InChI=1S/C24H20/c1-15(2)18-10-7-11-20-21-13-12-17-8-5-6-9-19(17)24(21)22(16(3)4)14-23(18)20/h5-14H,1,3H2,2,4H3. The Hall–Kier alpha value is -2.86. The Morgan fingerprint density at radius 3 is 2.08 bits per heavy atom. The highest BCUT2D eigenvalue weighted by Gasteiger charge is 2.12. The zero-order chi connectivity index (χ0) is 16.8. The van der Waals surface area contributed by atoms with Gasteiger partial charge in [-0.2, -0.15) is 0 Å². The van der Waals surface area contributed by atoms with E-state index in [-0.39, 0.29) is 0 Å². The molecule has 0 radical (unpaired) electrons. The molecule has 0 nitrogen and oxygen atoms in total.